The second-order valence-corrected chi connectivity index (χ2v) is 5.51. The molecule has 0 bridgehead atoms. The molecule has 0 saturated carbocycles. The quantitative estimate of drug-likeness (QED) is 0.802. The van der Waals surface area contributed by atoms with Gasteiger partial charge in [0.2, 0.25) is 0 Å². The molecule has 0 radical (unpaired) electrons. The van der Waals surface area contributed by atoms with Gasteiger partial charge in [-0.1, -0.05) is 12.1 Å². The molecular formula is C19H21FN2. The molecule has 0 spiro atoms. The Bertz CT molecular complexity index is 699. The summed E-state index contributed by atoms with van der Waals surface area (Å²) in [6.45, 7) is 9.08. The zero-order valence-corrected chi connectivity index (χ0v) is 13.5. The largest absolute Gasteiger partial charge is 0.365 e. The van der Waals surface area contributed by atoms with E-state index in [-0.39, 0.29) is 11.9 Å². The standard InChI is InChI=1S/C19H21FN2/c1-5-22(15(4)16-6-9-18(20)10-7-16)19-11-8-17(12-21)13(2)14(19)3/h6-11,15H,5H2,1-4H3. The first kappa shape index (κ1) is 16.0. The van der Waals surface area contributed by atoms with Crippen LogP contribution >= 0.6 is 0 Å². The zero-order chi connectivity index (χ0) is 16.3. The third-order valence-electron chi connectivity index (χ3n) is 4.35. The first-order valence-corrected chi connectivity index (χ1v) is 7.52. The number of halogens is 1. The third kappa shape index (κ3) is 2.96. The molecular weight excluding hydrogens is 275 g/mol. The maximum Gasteiger partial charge on any atom is 0.123 e. The second-order valence-electron chi connectivity index (χ2n) is 5.51. The van der Waals surface area contributed by atoms with Crippen LogP contribution in [0.25, 0.3) is 0 Å². The lowest BCUT2D eigenvalue weighted by Crippen LogP contribution is -2.27. The topological polar surface area (TPSA) is 27.0 Å². The van der Waals surface area contributed by atoms with Gasteiger partial charge in [0.05, 0.1) is 17.7 Å². The number of nitriles is 1. The van der Waals surface area contributed by atoms with E-state index >= 15 is 0 Å². The molecule has 0 saturated heterocycles. The summed E-state index contributed by atoms with van der Waals surface area (Å²) in [4.78, 5) is 2.27. The van der Waals surface area contributed by atoms with Gasteiger partial charge >= 0.3 is 0 Å². The Hall–Kier alpha value is -2.34. The molecule has 0 N–H and O–H groups in total. The summed E-state index contributed by atoms with van der Waals surface area (Å²) in [7, 11) is 0. The number of rotatable bonds is 4. The van der Waals surface area contributed by atoms with E-state index in [1.807, 2.05) is 38.1 Å². The molecule has 114 valence electrons. The van der Waals surface area contributed by atoms with Crippen LogP contribution in [0.1, 0.15) is 42.1 Å². The lowest BCUT2D eigenvalue weighted by atomic mass is 9.99. The molecule has 3 heteroatoms. The van der Waals surface area contributed by atoms with E-state index in [0.29, 0.717) is 5.56 Å². The van der Waals surface area contributed by atoms with Crippen LogP contribution in [0.3, 0.4) is 0 Å². The number of benzene rings is 2. The van der Waals surface area contributed by atoms with E-state index in [4.69, 9.17) is 5.26 Å². The number of anilines is 1. The van der Waals surface area contributed by atoms with E-state index in [1.54, 1.807) is 0 Å². The van der Waals surface area contributed by atoms with Crippen LogP contribution in [0.15, 0.2) is 36.4 Å². The number of nitrogens with zero attached hydrogens (tertiary/aromatic N) is 2. The molecule has 2 aromatic rings. The minimum atomic E-state index is -0.218. The molecule has 0 aliphatic rings. The Kier molecular flexibility index (Phi) is 4.82. The van der Waals surface area contributed by atoms with Gasteiger partial charge in [0.25, 0.3) is 0 Å². The van der Waals surface area contributed by atoms with Crippen molar-refractivity contribution in [2.75, 3.05) is 11.4 Å². The van der Waals surface area contributed by atoms with Crippen molar-refractivity contribution < 1.29 is 4.39 Å². The SMILES string of the molecule is CCN(c1ccc(C#N)c(C)c1C)C(C)c1ccc(F)cc1. The van der Waals surface area contributed by atoms with Crippen LogP contribution in [-0.4, -0.2) is 6.54 Å². The molecule has 22 heavy (non-hydrogen) atoms. The fourth-order valence-electron chi connectivity index (χ4n) is 2.81. The van der Waals surface area contributed by atoms with Crippen molar-refractivity contribution in [3.63, 3.8) is 0 Å². The summed E-state index contributed by atoms with van der Waals surface area (Å²) in [5.41, 5.74) is 5.05. The molecule has 2 rings (SSSR count). The highest BCUT2D eigenvalue weighted by Crippen LogP contribution is 2.31. The minimum absolute atomic E-state index is 0.136. The van der Waals surface area contributed by atoms with Gasteiger partial charge in [-0.05, 0) is 68.7 Å². The first-order valence-electron chi connectivity index (χ1n) is 7.52. The predicted octanol–water partition coefficient (Wildman–Crippen LogP) is 4.90. The van der Waals surface area contributed by atoms with Gasteiger partial charge in [0, 0.05) is 12.2 Å². The van der Waals surface area contributed by atoms with Crippen LogP contribution in [-0.2, 0) is 0 Å². The van der Waals surface area contributed by atoms with Crippen LogP contribution in [0.4, 0.5) is 10.1 Å². The molecule has 2 aromatic carbocycles. The van der Waals surface area contributed by atoms with Gasteiger partial charge in [0.15, 0.2) is 0 Å². The molecule has 2 nitrogen and oxygen atoms in total. The van der Waals surface area contributed by atoms with Crippen molar-refractivity contribution in [2.45, 2.75) is 33.7 Å². The van der Waals surface area contributed by atoms with E-state index in [0.717, 1.165) is 28.9 Å². The van der Waals surface area contributed by atoms with Gasteiger partial charge in [-0.25, -0.2) is 4.39 Å². The van der Waals surface area contributed by atoms with E-state index in [9.17, 15) is 4.39 Å². The molecule has 1 unspecified atom stereocenters. The van der Waals surface area contributed by atoms with Crippen molar-refractivity contribution in [1.82, 2.24) is 0 Å². The Labute approximate surface area is 131 Å². The fraction of sp³-hybridized carbons (Fsp3) is 0.316. The van der Waals surface area contributed by atoms with Gasteiger partial charge in [0.1, 0.15) is 5.82 Å². The maximum absolute atomic E-state index is 13.1. The highest BCUT2D eigenvalue weighted by molar-refractivity contribution is 5.61. The molecule has 0 amide bonds. The van der Waals surface area contributed by atoms with Crippen molar-refractivity contribution in [3.8, 4) is 6.07 Å². The van der Waals surface area contributed by atoms with Crippen LogP contribution in [0, 0.1) is 31.0 Å². The first-order chi connectivity index (χ1) is 10.5. The normalized spacial score (nSPS) is 11.8. The monoisotopic (exact) mass is 296 g/mol. The predicted molar refractivity (Wildman–Crippen MR) is 88.5 cm³/mol. The van der Waals surface area contributed by atoms with Crippen molar-refractivity contribution >= 4 is 5.69 Å². The van der Waals surface area contributed by atoms with Gasteiger partial charge < -0.3 is 4.90 Å². The summed E-state index contributed by atoms with van der Waals surface area (Å²) >= 11 is 0. The third-order valence-corrected chi connectivity index (χ3v) is 4.35. The Morgan fingerprint density at radius 3 is 2.27 bits per heavy atom. The molecule has 0 aliphatic carbocycles. The maximum atomic E-state index is 13.1. The Morgan fingerprint density at radius 1 is 1.09 bits per heavy atom. The summed E-state index contributed by atoms with van der Waals surface area (Å²) in [5, 5.41) is 9.14. The van der Waals surface area contributed by atoms with Crippen LogP contribution < -0.4 is 4.90 Å². The molecule has 0 aromatic heterocycles. The summed E-state index contributed by atoms with van der Waals surface area (Å²) in [6.07, 6.45) is 0. The molecule has 0 fully saturated rings. The second kappa shape index (κ2) is 6.62. The molecule has 0 heterocycles. The lowest BCUT2D eigenvalue weighted by Gasteiger charge is -2.32. The minimum Gasteiger partial charge on any atom is -0.365 e. The average molecular weight is 296 g/mol. The molecule has 0 aliphatic heterocycles. The van der Waals surface area contributed by atoms with Gasteiger partial charge in [-0.3, -0.25) is 0 Å². The van der Waals surface area contributed by atoms with Crippen molar-refractivity contribution in [3.05, 3.63) is 64.5 Å². The van der Waals surface area contributed by atoms with Crippen LogP contribution in [0.2, 0.25) is 0 Å². The Morgan fingerprint density at radius 2 is 1.73 bits per heavy atom. The number of hydrogen-bond acceptors (Lipinski definition) is 2. The summed E-state index contributed by atoms with van der Waals surface area (Å²) in [5.74, 6) is -0.218. The lowest BCUT2D eigenvalue weighted by molar-refractivity contribution is 0.623. The Balaban J connectivity index is 2.42. The fourth-order valence-corrected chi connectivity index (χ4v) is 2.81. The highest BCUT2D eigenvalue weighted by Gasteiger charge is 2.18. The zero-order valence-electron chi connectivity index (χ0n) is 13.5. The summed E-state index contributed by atoms with van der Waals surface area (Å²) < 4.78 is 13.1. The van der Waals surface area contributed by atoms with E-state index < -0.39 is 0 Å². The van der Waals surface area contributed by atoms with E-state index in [1.165, 1.54) is 12.1 Å². The smallest absolute Gasteiger partial charge is 0.123 e. The summed E-state index contributed by atoms with van der Waals surface area (Å²) in [6, 6.07) is 12.9. The molecule has 1 atom stereocenters. The van der Waals surface area contributed by atoms with Crippen molar-refractivity contribution in [2.24, 2.45) is 0 Å². The average Bonchev–Trinajstić information content (AvgIpc) is 2.52. The van der Waals surface area contributed by atoms with E-state index in [2.05, 4.69) is 24.8 Å². The van der Waals surface area contributed by atoms with Crippen molar-refractivity contribution in [1.29, 1.82) is 5.26 Å². The van der Waals surface area contributed by atoms with Gasteiger partial charge in [-0.2, -0.15) is 5.26 Å². The highest BCUT2D eigenvalue weighted by atomic mass is 19.1. The van der Waals surface area contributed by atoms with Gasteiger partial charge in [-0.15, -0.1) is 0 Å². The van der Waals surface area contributed by atoms with Crippen LogP contribution in [0.5, 0.6) is 0 Å². The number of hydrogen-bond donors (Lipinski definition) is 0.